The van der Waals surface area contributed by atoms with E-state index in [0.717, 1.165) is 24.8 Å². The Kier molecular flexibility index (Phi) is 5.74. The number of oxazole rings is 1. The van der Waals surface area contributed by atoms with E-state index in [4.69, 9.17) is 4.42 Å². The lowest BCUT2D eigenvalue weighted by Gasteiger charge is -2.33. The molecule has 30 heavy (non-hydrogen) atoms. The van der Waals surface area contributed by atoms with E-state index < -0.39 is 0 Å². The molecule has 2 aromatic heterocycles. The third kappa shape index (κ3) is 4.48. The molecule has 1 aliphatic heterocycles. The minimum absolute atomic E-state index is 0.111. The molecule has 1 unspecified atom stereocenters. The molecule has 1 atom stereocenters. The van der Waals surface area contributed by atoms with Crippen molar-refractivity contribution in [2.24, 2.45) is 0 Å². The van der Waals surface area contributed by atoms with Crippen molar-refractivity contribution in [2.45, 2.75) is 45.2 Å². The normalized spacial score (nSPS) is 16.6. The van der Waals surface area contributed by atoms with Crippen LogP contribution in [0.5, 0.6) is 0 Å². The van der Waals surface area contributed by atoms with Crippen LogP contribution in [0.15, 0.2) is 51.8 Å². The van der Waals surface area contributed by atoms with E-state index in [-0.39, 0.29) is 29.9 Å². The number of piperidine rings is 1. The summed E-state index contributed by atoms with van der Waals surface area (Å²) in [6.07, 6.45) is 4.76. The fraction of sp³-hybridized carbons (Fsp3) is 0.364. The summed E-state index contributed by atoms with van der Waals surface area (Å²) in [6, 6.07) is 9.02. The second-order valence-corrected chi connectivity index (χ2v) is 7.54. The number of halogens is 1. The number of carbonyl (C=O) groups is 1. The fourth-order valence-corrected chi connectivity index (χ4v) is 3.73. The summed E-state index contributed by atoms with van der Waals surface area (Å²) in [7, 11) is 0. The van der Waals surface area contributed by atoms with Gasteiger partial charge in [-0.15, -0.1) is 0 Å². The van der Waals surface area contributed by atoms with Crippen LogP contribution in [-0.2, 0) is 17.8 Å². The zero-order chi connectivity index (χ0) is 21.1. The molecule has 0 saturated carbocycles. The van der Waals surface area contributed by atoms with Crippen molar-refractivity contribution in [3.05, 3.63) is 81.7 Å². The maximum absolute atomic E-state index is 13.1. The summed E-state index contributed by atoms with van der Waals surface area (Å²) < 4.78 is 20.2. The highest BCUT2D eigenvalue weighted by Crippen LogP contribution is 2.31. The smallest absolute Gasteiger partial charge is 0.267 e. The van der Waals surface area contributed by atoms with Gasteiger partial charge in [-0.05, 0) is 49.9 Å². The van der Waals surface area contributed by atoms with Crippen molar-refractivity contribution in [3.8, 4) is 0 Å². The Balaban J connectivity index is 1.50. The third-order valence-corrected chi connectivity index (χ3v) is 5.26. The monoisotopic (exact) mass is 410 g/mol. The van der Waals surface area contributed by atoms with Crippen LogP contribution in [0.4, 0.5) is 4.39 Å². The number of amides is 1. The maximum atomic E-state index is 13.1. The van der Waals surface area contributed by atoms with Crippen molar-refractivity contribution in [2.75, 3.05) is 6.54 Å². The standard InChI is InChI=1S/C22H23FN4O3/c1-15-5-10-20(28)27(25-15)14-21(29)26-11-3-2-4-19(26)22-24-13-18(30-22)12-16-6-8-17(23)9-7-16/h5-10,13,19H,2-4,11-12,14H2,1H3. The minimum Gasteiger partial charge on any atom is -0.443 e. The van der Waals surface area contributed by atoms with E-state index in [1.54, 1.807) is 36.2 Å². The molecule has 3 heterocycles. The van der Waals surface area contributed by atoms with E-state index in [1.165, 1.54) is 22.9 Å². The predicted octanol–water partition coefficient (Wildman–Crippen LogP) is 3.02. The van der Waals surface area contributed by atoms with Crippen LogP contribution >= 0.6 is 0 Å². The number of likely N-dealkylation sites (tertiary alicyclic amines) is 1. The number of nitrogens with zero attached hydrogens (tertiary/aromatic N) is 4. The van der Waals surface area contributed by atoms with Crippen LogP contribution in [0.25, 0.3) is 0 Å². The highest BCUT2D eigenvalue weighted by Gasteiger charge is 2.31. The van der Waals surface area contributed by atoms with E-state index in [1.807, 2.05) is 0 Å². The first kappa shape index (κ1) is 20.0. The van der Waals surface area contributed by atoms with Gasteiger partial charge in [-0.2, -0.15) is 5.10 Å². The van der Waals surface area contributed by atoms with E-state index >= 15 is 0 Å². The predicted molar refractivity (Wildman–Crippen MR) is 107 cm³/mol. The van der Waals surface area contributed by atoms with Crippen LogP contribution < -0.4 is 5.56 Å². The summed E-state index contributed by atoms with van der Waals surface area (Å²) in [5.41, 5.74) is 1.29. The molecular formula is C22H23FN4O3. The van der Waals surface area contributed by atoms with Gasteiger partial charge in [0.05, 0.1) is 11.9 Å². The molecule has 0 N–H and O–H groups in total. The van der Waals surface area contributed by atoms with Crippen LogP contribution in [0.1, 0.15) is 48.2 Å². The zero-order valence-electron chi connectivity index (χ0n) is 16.8. The first-order valence-corrected chi connectivity index (χ1v) is 10.0. The highest BCUT2D eigenvalue weighted by atomic mass is 19.1. The van der Waals surface area contributed by atoms with Gasteiger partial charge in [0.25, 0.3) is 5.56 Å². The van der Waals surface area contributed by atoms with Crippen LogP contribution in [0.3, 0.4) is 0 Å². The number of benzene rings is 1. The molecule has 0 spiro atoms. The first-order valence-electron chi connectivity index (χ1n) is 10.0. The van der Waals surface area contributed by atoms with Gasteiger partial charge in [0.15, 0.2) is 0 Å². The van der Waals surface area contributed by atoms with E-state index in [2.05, 4.69) is 10.1 Å². The van der Waals surface area contributed by atoms with E-state index in [9.17, 15) is 14.0 Å². The van der Waals surface area contributed by atoms with Crippen molar-refractivity contribution in [3.63, 3.8) is 0 Å². The Hall–Kier alpha value is -3.29. The number of aryl methyl sites for hydroxylation is 1. The zero-order valence-corrected chi connectivity index (χ0v) is 16.8. The molecule has 8 heteroatoms. The molecule has 1 aromatic carbocycles. The molecule has 1 aliphatic rings. The molecule has 3 aromatic rings. The third-order valence-electron chi connectivity index (χ3n) is 5.26. The van der Waals surface area contributed by atoms with Crippen molar-refractivity contribution >= 4 is 5.91 Å². The quantitative estimate of drug-likeness (QED) is 0.646. The lowest BCUT2D eigenvalue weighted by atomic mass is 10.0. The molecule has 1 fully saturated rings. The van der Waals surface area contributed by atoms with Crippen molar-refractivity contribution < 1.29 is 13.6 Å². The average Bonchev–Trinajstić information content (AvgIpc) is 3.21. The highest BCUT2D eigenvalue weighted by molar-refractivity contribution is 5.76. The van der Waals surface area contributed by atoms with Gasteiger partial charge in [-0.1, -0.05) is 12.1 Å². The Labute approximate surface area is 173 Å². The average molecular weight is 410 g/mol. The van der Waals surface area contributed by atoms with Gasteiger partial charge in [0.1, 0.15) is 24.2 Å². The molecule has 0 radical (unpaired) electrons. The summed E-state index contributed by atoms with van der Waals surface area (Å²) in [5, 5.41) is 4.15. The number of rotatable bonds is 5. The Morgan fingerprint density at radius 3 is 2.80 bits per heavy atom. The Bertz CT molecular complexity index is 1090. The molecular weight excluding hydrogens is 387 g/mol. The molecule has 0 aliphatic carbocycles. The van der Waals surface area contributed by atoms with Gasteiger partial charge < -0.3 is 9.32 Å². The SMILES string of the molecule is Cc1ccc(=O)n(CC(=O)N2CCCCC2c2ncc(Cc3ccc(F)cc3)o2)n1. The lowest BCUT2D eigenvalue weighted by Crippen LogP contribution is -2.42. The summed E-state index contributed by atoms with van der Waals surface area (Å²) >= 11 is 0. The van der Waals surface area contributed by atoms with Crippen molar-refractivity contribution in [1.82, 2.24) is 19.7 Å². The molecule has 1 amide bonds. The van der Waals surface area contributed by atoms with Crippen LogP contribution in [0, 0.1) is 12.7 Å². The lowest BCUT2D eigenvalue weighted by molar-refractivity contribution is -0.136. The number of hydrogen-bond acceptors (Lipinski definition) is 5. The fourth-order valence-electron chi connectivity index (χ4n) is 3.73. The number of carbonyl (C=O) groups excluding carboxylic acids is 1. The summed E-state index contributed by atoms with van der Waals surface area (Å²) in [5.74, 6) is 0.685. The Morgan fingerprint density at radius 2 is 2.00 bits per heavy atom. The number of hydrogen-bond donors (Lipinski definition) is 0. The van der Waals surface area contributed by atoms with Gasteiger partial charge in [-0.25, -0.2) is 14.1 Å². The van der Waals surface area contributed by atoms with E-state index in [0.29, 0.717) is 30.3 Å². The van der Waals surface area contributed by atoms with Crippen LogP contribution in [-0.4, -0.2) is 32.1 Å². The van der Waals surface area contributed by atoms with Crippen LogP contribution in [0.2, 0.25) is 0 Å². The van der Waals surface area contributed by atoms with Gasteiger partial charge in [0.2, 0.25) is 11.8 Å². The Morgan fingerprint density at radius 1 is 1.20 bits per heavy atom. The second-order valence-electron chi connectivity index (χ2n) is 7.54. The van der Waals surface area contributed by atoms with Crippen molar-refractivity contribution in [1.29, 1.82) is 0 Å². The maximum Gasteiger partial charge on any atom is 0.267 e. The second kappa shape index (κ2) is 8.61. The molecule has 4 rings (SSSR count). The van der Waals surface area contributed by atoms with Gasteiger partial charge in [-0.3, -0.25) is 9.59 Å². The summed E-state index contributed by atoms with van der Waals surface area (Å²) in [6.45, 7) is 2.25. The topological polar surface area (TPSA) is 81.2 Å². The van der Waals surface area contributed by atoms with Gasteiger partial charge in [0, 0.05) is 19.0 Å². The minimum atomic E-state index is -0.305. The van der Waals surface area contributed by atoms with Gasteiger partial charge >= 0.3 is 0 Å². The molecule has 1 saturated heterocycles. The molecule has 156 valence electrons. The molecule has 0 bridgehead atoms. The number of aromatic nitrogens is 3. The largest absolute Gasteiger partial charge is 0.443 e. The first-order chi connectivity index (χ1) is 14.5. The molecule has 7 nitrogen and oxygen atoms in total. The summed E-state index contributed by atoms with van der Waals surface area (Å²) in [4.78, 5) is 31.1.